The summed E-state index contributed by atoms with van der Waals surface area (Å²) >= 11 is 3.23. The zero-order valence-electron chi connectivity index (χ0n) is 11.7. The maximum absolute atomic E-state index is 13.7. The van der Waals surface area contributed by atoms with E-state index in [-0.39, 0.29) is 11.1 Å². The van der Waals surface area contributed by atoms with Gasteiger partial charge in [0.25, 0.3) is 5.91 Å². The van der Waals surface area contributed by atoms with E-state index in [1.807, 2.05) is 19.1 Å². The van der Waals surface area contributed by atoms with Crippen LogP contribution in [0.25, 0.3) is 6.08 Å². The molecule has 0 aliphatic heterocycles. The van der Waals surface area contributed by atoms with Crippen LogP contribution in [-0.2, 0) is 4.79 Å². The van der Waals surface area contributed by atoms with E-state index >= 15 is 0 Å². The molecule has 0 bridgehead atoms. The summed E-state index contributed by atoms with van der Waals surface area (Å²) in [6.07, 6.45) is 1.23. The molecule has 22 heavy (non-hydrogen) atoms. The summed E-state index contributed by atoms with van der Waals surface area (Å²) in [6.45, 7) is 1.93. The largest absolute Gasteiger partial charge is 0.321 e. The van der Waals surface area contributed by atoms with Crippen LogP contribution in [0.5, 0.6) is 0 Å². The molecule has 0 fully saturated rings. The van der Waals surface area contributed by atoms with Crippen LogP contribution in [0.2, 0.25) is 0 Å². The van der Waals surface area contributed by atoms with Crippen LogP contribution in [0, 0.1) is 24.1 Å². The fourth-order valence-corrected chi connectivity index (χ4v) is 2.14. The van der Waals surface area contributed by atoms with Gasteiger partial charge in [-0.1, -0.05) is 33.6 Å². The van der Waals surface area contributed by atoms with Crippen LogP contribution in [0.15, 0.2) is 52.5 Å². The molecule has 5 heteroatoms. The third kappa shape index (κ3) is 4.03. The molecule has 0 atom stereocenters. The molecule has 0 heterocycles. The fourth-order valence-electron chi connectivity index (χ4n) is 1.76. The highest BCUT2D eigenvalue weighted by molar-refractivity contribution is 9.10. The molecule has 2 aromatic carbocycles. The van der Waals surface area contributed by atoms with Gasteiger partial charge in [0, 0.05) is 15.7 Å². The maximum atomic E-state index is 13.7. The molecule has 0 aromatic heterocycles. The van der Waals surface area contributed by atoms with Crippen molar-refractivity contribution >= 4 is 33.6 Å². The van der Waals surface area contributed by atoms with Crippen molar-refractivity contribution < 1.29 is 9.18 Å². The lowest BCUT2D eigenvalue weighted by Gasteiger charge is -2.05. The van der Waals surface area contributed by atoms with Crippen molar-refractivity contribution in [1.29, 1.82) is 5.26 Å². The highest BCUT2D eigenvalue weighted by Crippen LogP contribution is 2.19. The van der Waals surface area contributed by atoms with Crippen molar-refractivity contribution in [1.82, 2.24) is 0 Å². The van der Waals surface area contributed by atoms with Crippen molar-refractivity contribution in [2.24, 2.45) is 0 Å². The number of nitrogens with one attached hydrogen (secondary N) is 1. The predicted molar refractivity (Wildman–Crippen MR) is 87.5 cm³/mol. The Balaban J connectivity index is 2.25. The number of nitrogens with zero attached hydrogens (tertiary/aromatic N) is 1. The number of hydrogen-bond acceptors (Lipinski definition) is 2. The van der Waals surface area contributed by atoms with E-state index in [0.29, 0.717) is 10.2 Å². The van der Waals surface area contributed by atoms with Crippen LogP contribution in [0.1, 0.15) is 11.1 Å². The molecule has 0 spiro atoms. The van der Waals surface area contributed by atoms with Gasteiger partial charge in [-0.2, -0.15) is 5.26 Å². The van der Waals surface area contributed by atoms with Crippen LogP contribution in [0.3, 0.4) is 0 Å². The van der Waals surface area contributed by atoms with E-state index in [2.05, 4.69) is 21.2 Å². The average Bonchev–Trinajstić information content (AvgIpc) is 2.50. The summed E-state index contributed by atoms with van der Waals surface area (Å²) in [6, 6.07) is 13.3. The third-order valence-corrected chi connectivity index (χ3v) is 3.43. The second-order valence-electron chi connectivity index (χ2n) is 4.66. The van der Waals surface area contributed by atoms with Gasteiger partial charge in [0.2, 0.25) is 0 Å². The Morgan fingerprint density at radius 3 is 2.59 bits per heavy atom. The number of benzene rings is 2. The molecular formula is C17H12BrFN2O. The van der Waals surface area contributed by atoms with Gasteiger partial charge in [-0.3, -0.25) is 4.79 Å². The van der Waals surface area contributed by atoms with Gasteiger partial charge in [0.15, 0.2) is 0 Å². The minimum atomic E-state index is -0.578. The summed E-state index contributed by atoms with van der Waals surface area (Å²) in [5.74, 6) is -1.08. The summed E-state index contributed by atoms with van der Waals surface area (Å²) in [4.78, 5) is 12.1. The van der Waals surface area contributed by atoms with E-state index in [0.717, 1.165) is 5.56 Å². The molecule has 2 aromatic rings. The first-order valence-corrected chi connectivity index (χ1v) is 7.24. The van der Waals surface area contributed by atoms with Crippen LogP contribution >= 0.6 is 15.9 Å². The SMILES string of the molecule is Cc1ccc(NC(=O)/C(C#N)=C/c2cc(Br)ccc2F)cc1. The number of halogens is 2. The number of rotatable bonds is 3. The standard InChI is InChI=1S/C17H12BrFN2O/c1-11-2-5-15(6-3-11)21-17(22)13(10-20)8-12-9-14(18)4-7-16(12)19/h2-9H,1H3,(H,21,22)/b13-8+. The third-order valence-electron chi connectivity index (χ3n) is 2.93. The zero-order chi connectivity index (χ0) is 16.1. The molecule has 0 aliphatic carbocycles. The molecule has 0 aliphatic rings. The first-order chi connectivity index (χ1) is 10.5. The highest BCUT2D eigenvalue weighted by Gasteiger charge is 2.11. The van der Waals surface area contributed by atoms with Gasteiger partial charge in [0.1, 0.15) is 17.5 Å². The monoisotopic (exact) mass is 358 g/mol. The molecule has 110 valence electrons. The van der Waals surface area contributed by atoms with E-state index in [4.69, 9.17) is 5.26 Å². The number of amides is 1. The highest BCUT2D eigenvalue weighted by atomic mass is 79.9. The molecule has 0 saturated carbocycles. The Bertz CT molecular complexity index is 776. The van der Waals surface area contributed by atoms with Gasteiger partial charge in [-0.15, -0.1) is 0 Å². The lowest BCUT2D eigenvalue weighted by Crippen LogP contribution is -2.13. The first-order valence-electron chi connectivity index (χ1n) is 6.44. The fraction of sp³-hybridized carbons (Fsp3) is 0.0588. The first kappa shape index (κ1) is 15.9. The summed E-state index contributed by atoms with van der Waals surface area (Å²) in [7, 11) is 0. The molecule has 1 amide bonds. The number of nitriles is 1. The smallest absolute Gasteiger partial charge is 0.266 e. The topological polar surface area (TPSA) is 52.9 Å². The van der Waals surface area contributed by atoms with Crippen molar-refractivity contribution in [2.45, 2.75) is 6.92 Å². The lowest BCUT2D eigenvalue weighted by molar-refractivity contribution is -0.112. The molecular weight excluding hydrogens is 347 g/mol. The molecule has 0 saturated heterocycles. The number of anilines is 1. The van der Waals surface area contributed by atoms with E-state index in [1.54, 1.807) is 24.3 Å². The number of carbonyl (C=O) groups is 1. The van der Waals surface area contributed by atoms with Gasteiger partial charge >= 0.3 is 0 Å². The molecule has 2 rings (SSSR count). The van der Waals surface area contributed by atoms with Crippen LogP contribution in [0.4, 0.5) is 10.1 Å². The van der Waals surface area contributed by atoms with Crippen LogP contribution < -0.4 is 5.32 Å². The maximum Gasteiger partial charge on any atom is 0.266 e. The Hall–Kier alpha value is -2.45. The average molecular weight is 359 g/mol. The molecule has 0 radical (unpaired) electrons. The summed E-state index contributed by atoms with van der Waals surface area (Å²) in [5, 5.41) is 11.7. The zero-order valence-corrected chi connectivity index (χ0v) is 13.3. The van der Waals surface area contributed by atoms with Crippen LogP contribution in [-0.4, -0.2) is 5.91 Å². The predicted octanol–water partition coefficient (Wildman–Crippen LogP) is 4.44. The Kier molecular flexibility index (Phi) is 5.08. The minimum Gasteiger partial charge on any atom is -0.321 e. The summed E-state index contributed by atoms with van der Waals surface area (Å²) < 4.78 is 14.4. The Labute approximate surface area is 136 Å². The van der Waals surface area contributed by atoms with Gasteiger partial charge < -0.3 is 5.32 Å². The van der Waals surface area contributed by atoms with E-state index in [1.165, 1.54) is 18.2 Å². The van der Waals surface area contributed by atoms with E-state index in [9.17, 15) is 9.18 Å². The normalized spacial score (nSPS) is 10.9. The second kappa shape index (κ2) is 7.01. The van der Waals surface area contributed by atoms with Gasteiger partial charge in [-0.05, 0) is 43.3 Å². The molecule has 3 nitrogen and oxygen atoms in total. The van der Waals surface area contributed by atoms with E-state index < -0.39 is 11.7 Å². The van der Waals surface area contributed by atoms with Crippen molar-refractivity contribution in [3.05, 3.63) is 69.5 Å². The van der Waals surface area contributed by atoms with Gasteiger partial charge in [0.05, 0.1) is 0 Å². The molecule has 0 unspecified atom stereocenters. The van der Waals surface area contributed by atoms with Gasteiger partial charge in [-0.25, -0.2) is 4.39 Å². The quantitative estimate of drug-likeness (QED) is 0.651. The van der Waals surface area contributed by atoms with Crippen molar-refractivity contribution in [2.75, 3.05) is 5.32 Å². The van der Waals surface area contributed by atoms with Crippen molar-refractivity contribution in [3.8, 4) is 6.07 Å². The number of carbonyl (C=O) groups excluding carboxylic acids is 1. The second-order valence-corrected chi connectivity index (χ2v) is 5.57. The summed E-state index contributed by atoms with van der Waals surface area (Å²) in [5.41, 5.74) is 1.64. The Morgan fingerprint density at radius 2 is 1.95 bits per heavy atom. The Morgan fingerprint density at radius 1 is 1.27 bits per heavy atom. The number of aryl methyl sites for hydroxylation is 1. The molecule has 1 N–H and O–H groups in total. The minimum absolute atomic E-state index is 0.169. The number of hydrogen-bond donors (Lipinski definition) is 1. The lowest BCUT2D eigenvalue weighted by atomic mass is 10.1. The van der Waals surface area contributed by atoms with Crippen molar-refractivity contribution in [3.63, 3.8) is 0 Å².